The number of aliphatic hydroxyl groups excluding tert-OH is 1. The van der Waals surface area contributed by atoms with Crippen LogP contribution in [0.3, 0.4) is 0 Å². The summed E-state index contributed by atoms with van der Waals surface area (Å²) in [6, 6.07) is 10.9. The molecular weight excluding hydrogens is 460 g/mol. The third-order valence-electron chi connectivity index (χ3n) is 5.33. The molecule has 7 nitrogen and oxygen atoms in total. The zero-order valence-electron chi connectivity index (χ0n) is 17.8. The van der Waals surface area contributed by atoms with E-state index in [4.69, 9.17) is 0 Å². The first kappa shape index (κ1) is 22.9. The summed E-state index contributed by atoms with van der Waals surface area (Å²) < 4.78 is 29.9. The van der Waals surface area contributed by atoms with Gasteiger partial charge in [0.2, 0.25) is 0 Å². The van der Waals surface area contributed by atoms with E-state index < -0.39 is 22.0 Å². The monoisotopic (exact) mass is 482 g/mol. The Morgan fingerprint density at radius 1 is 1.21 bits per heavy atom. The Kier molecular flexibility index (Phi) is 6.42. The van der Waals surface area contributed by atoms with Crippen LogP contribution in [-0.2, 0) is 34.7 Å². The Bertz CT molecular complexity index is 1390. The molecule has 0 fully saturated rings. The number of aliphatic hydroxyl groups is 1. The van der Waals surface area contributed by atoms with Crippen LogP contribution < -0.4 is 4.72 Å². The molecule has 0 saturated carbocycles. The first-order valence-corrected chi connectivity index (χ1v) is 12.5. The summed E-state index contributed by atoms with van der Waals surface area (Å²) in [7, 11) is -2.25. The lowest BCUT2D eigenvalue weighted by molar-refractivity contribution is -0.138. The molecule has 0 aliphatic heterocycles. The van der Waals surface area contributed by atoms with E-state index in [9.17, 15) is 23.4 Å². The number of hydrogen-bond donors (Lipinski definition) is 3. The summed E-state index contributed by atoms with van der Waals surface area (Å²) >= 11 is 0.976. The summed E-state index contributed by atoms with van der Waals surface area (Å²) in [4.78, 5) is 12.5. The van der Waals surface area contributed by atoms with Gasteiger partial charge in [-0.2, -0.15) is 4.72 Å². The van der Waals surface area contributed by atoms with Crippen LogP contribution in [0.1, 0.15) is 33.7 Å². The maximum atomic E-state index is 12.9. The average Bonchev–Trinajstić information content (AvgIpc) is 3.39. The molecule has 3 N–H and O–H groups in total. The van der Waals surface area contributed by atoms with Crippen LogP contribution in [0.4, 0.5) is 0 Å². The molecule has 0 bridgehead atoms. The molecular formula is C24H22N2O5S2. The number of rotatable bonds is 6. The van der Waals surface area contributed by atoms with Gasteiger partial charge in [0.25, 0.3) is 10.0 Å². The van der Waals surface area contributed by atoms with Gasteiger partial charge in [-0.3, -0.25) is 4.79 Å². The van der Waals surface area contributed by atoms with E-state index >= 15 is 0 Å². The van der Waals surface area contributed by atoms with E-state index in [1.54, 1.807) is 18.3 Å². The predicted octanol–water partition coefficient (Wildman–Crippen LogP) is 3.31. The molecule has 1 atom stereocenters. The first-order chi connectivity index (χ1) is 15.7. The highest BCUT2D eigenvalue weighted by molar-refractivity contribution is 7.91. The highest BCUT2D eigenvalue weighted by Crippen LogP contribution is 2.30. The van der Waals surface area contributed by atoms with Gasteiger partial charge in [-0.25, -0.2) is 8.42 Å². The normalized spacial score (nSPS) is 14.0. The molecule has 2 heterocycles. The predicted molar refractivity (Wildman–Crippen MR) is 127 cm³/mol. The maximum absolute atomic E-state index is 12.9. The average molecular weight is 483 g/mol. The minimum Gasteiger partial charge on any atom is -0.508 e. The number of carbonyl (C=O) groups is 1. The van der Waals surface area contributed by atoms with Crippen LogP contribution >= 0.6 is 11.3 Å². The fourth-order valence-corrected chi connectivity index (χ4v) is 6.15. The molecule has 9 heteroatoms. The zero-order valence-corrected chi connectivity index (χ0v) is 19.4. The van der Waals surface area contributed by atoms with Crippen molar-refractivity contribution in [1.82, 2.24) is 9.29 Å². The number of sulfonamides is 1. The molecule has 2 aromatic heterocycles. The number of carboxylic acid groups (broad SMARTS) is 1. The number of allylic oxidation sites excluding steroid dienone is 1. The summed E-state index contributed by atoms with van der Waals surface area (Å²) in [6.45, 7) is 0. The SMILES string of the molecule is Cn1cc(C[C@H](NS(=O)(=O)c2ccc(C#Cc3ccccc3)s2)C(=O)O)c2c1CCC=C2O. The lowest BCUT2D eigenvalue weighted by Crippen LogP contribution is -2.42. The zero-order chi connectivity index (χ0) is 23.6. The molecule has 0 unspecified atom stereocenters. The topological polar surface area (TPSA) is 109 Å². The van der Waals surface area contributed by atoms with Crippen LogP contribution in [-0.4, -0.2) is 35.2 Å². The fraction of sp³-hybridized carbons (Fsp3) is 0.208. The van der Waals surface area contributed by atoms with Crippen LogP contribution in [0.15, 0.2) is 58.9 Å². The number of aryl methyl sites for hydroxylation is 1. The van der Waals surface area contributed by atoms with Gasteiger partial charge in [-0.05, 0) is 48.7 Å². The van der Waals surface area contributed by atoms with E-state index in [1.165, 1.54) is 6.07 Å². The van der Waals surface area contributed by atoms with Crippen molar-refractivity contribution >= 4 is 33.1 Å². The number of nitrogens with zero attached hydrogens (tertiary/aromatic N) is 1. The Hall–Kier alpha value is -3.32. The summed E-state index contributed by atoms with van der Waals surface area (Å²) in [5.41, 5.74) is 2.88. The van der Waals surface area contributed by atoms with Gasteiger partial charge in [-0.1, -0.05) is 30.0 Å². The van der Waals surface area contributed by atoms with E-state index in [0.717, 1.165) is 29.0 Å². The van der Waals surface area contributed by atoms with Crippen molar-refractivity contribution in [3.63, 3.8) is 0 Å². The molecule has 0 spiro atoms. The van der Waals surface area contributed by atoms with E-state index in [0.29, 0.717) is 22.4 Å². The summed E-state index contributed by atoms with van der Waals surface area (Å²) in [6.07, 6.45) is 4.75. The van der Waals surface area contributed by atoms with E-state index in [2.05, 4.69) is 16.6 Å². The minimum atomic E-state index is -4.08. The molecule has 0 saturated heterocycles. The molecule has 0 radical (unpaired) electrons. The third-order valence-corrected chi connectivity index (χ3v) is 8.29. The Balaban J connectivity index is 1.55. The number of carboxylic acids is 1. The Morgan fingerprint density at radius 3 is 2.70 bits per heavy atom. The molecule has 33 heavy (non-hydrogen) atoms. The smallest absolute Gasteiger partial charge is 0.322 e. The Morgan fingerprint density at radius 2 is 1.97 bits per heavy atom. The number of hydrogen-bond acceptors (Lipinski definition) is 5. The van der Waals surface area contributed by atoms with Crippen molar-refractivity contribution in [3.05, 3.63) is 82.0 Å². The lowest BCUT2D eigenvalue weighted by atomic mass is 9.96. The van der Waals surface area contributed by atoms with Crippen LogP contribution in [0.2, 0.25) is 0 Å². The molecule has 170 valence electrons. The number of aromatic nitrogens is 1. The van der Waals surface area contributed by atoms with Crippen molar-refractivity contribution in [2.24, 2.45) is 7.05 Å². The number of fused-ring (bicyclic) bond motifs is 1. The third kappa shape index (κ3) is 5.03. The first-order valence-electron chi connectivity index (χ1n) is 10.2. The van der Waals surface area contributed by atoms with Crippen molar-refractivity contribution in [2.45, 2.75) is 29.5 Å². The lowest BCUT2D eigenvalue weighted by Gasteiger charge is -2.16. The van der Waals surface area contributed by atoms with Gasteiger partial charge in [0, 0.05) is 36.5 Å². The van der Waals surface area contributed by atoms with Gasteiger partial charge < -0.3 is 14.8 Å². The fourth-order valence-electron chi connectivity index (χ4n) is 3.79. The minimum absolute atomic E-state index is 0.0102. The van der Waals surface area contributed by atoms with Crippen LogP contribution in [0.5, 0.6) is 0 Å². The van der Waals surface area contributed by atoms with E-state index in [1.807, 2.05) is 41.9 Å². The number of benzene rings is 1. The largest absolute Gasteiger partial charge is 0.508 e. The van der Waals surface area contributed by atoms with Gasteiger partial charge in [-0.15, -0.1) is 11.3 Å². The van der Waals surface area contributed by atoms with Crippen molar-refractivity contribution in [3.8, 4) is 11.8 Å². The van der Waals surface area contributed by atoms with Gasteiger partial charge in [0.05, 0.1) is 4.88 Å². The molecule has 0 amide bonds. The highest BCUT2D eigenvalue weighted by atomic mass is 32.2. The summed E-state index contributed by atoms with van der Waals surface area (Å²) in [5.74, 6) is 4.71. The standard InChI is InChI=1S/C24H22N2O5S2/c1-26-15-17(23-20(26)8-5-9-21(23)27)14-19(24(28)29)25-33(30,31)22-13-12-18(32-22)11-10-16-6-3-2-4-7-16/h2-4,6-7,9,12-13,15,19,25,27H,5,8,14H2,1H3,(H,28,29)/t19-/m0/s1. The van der Waals surface area contributed by atoms with E-state index in [-0.39, 0.29) is 16.4 Å². The van der Waals surface area contributed by atoms with Crippen molar-refractivity contribution in [1.29, 1.82) is 0 Å². The number of aliphatic carboxylic acids is 1. The van der Waals surface area contributed by atoms with Crippen molar-refractivity contribution < 1.29 is 23.4 Å². The molecule has 4 rings (SSSR count). The Labute approximate surface area is 196 Å². The summed E-state index contributed by atoms with van der Waals surface area (Å²) in [5, 5.41) is 20.0. The van der Waals surface area contributed by atoms with Crippen LogP contribution in [0, 0.1) is 11.8 Å². The van der Waals surface area contributed by atoms with Gasteiger partial charge >= 0.3 is 5.97 Å². The number of nitrogens with one attached hydrogen (secondary N) is 1. The number of thiophene rings is 1. The second kappa shape index (κ2) is 9.27. The van der Waals surface area contributed by atoms with Crippen molar-refractivity contribution in [2.75, 3.05) is 0 Å². The van der Waals surface area contributed by atoms with Crippen LogP contribution in [0.25, 0.3) is 5.76 Å². The molecule has 1 aliphatic rings. The quantitative estimate of drug-likeness (QED) is 0.467. The molecule has 3 aromatic rings. The van der Waals surface area contributed by atoms with Gasteiger partial charge in [0.15, 0.2) is 0 Å². The highest BCUT2D eigenvalue weighted by Gasteiger charge is 2.30. The second-order valence-corrected chi connectivity index (χ2v) is 10.7. The molecule has 1 aliphatic carbocycles. The molecule has 1 aromatic carbocycles. The second-order valence-electron chi connectivity index (χ2n) is 7.67. The van der Waals surface area contributed by atoms with Gasteiger partial charge in [0.1, 0.15) is 16.0 Å². The maximum Gasteiger partial charge on any atom is 0.322 e.